The second-order valence-corrected chi connectivity index (χ2v) is 5.11. The van der Waals surface area contributed by atoms with Crippen molar-refractivity contribution < 1.29 is 4.79 Å². The molecule has 1 heterocycles. The van der Waals surface area contributed by atoms with Crippen LogP contribution in [0.4, 0.5) is 5.69 Å². The zero-order valence-electron chi connectivity index (χ0n) is 12.1. The van der Waals surface area contributed by atoms with Gasteiger partial charge < -0.3 is 11.1 Å². The molecular formula is C15H20N4O. The molecular weight excluding hydrogens is 252 g/mol. The maximum absolute atomic E-state index is 12.1. The van der Waals surface area contributed by atoms with Gasteiger partial charge in [0.1, 0.15) is 0 Å². The first-order valence-electron chi connectivity index (χ1n) is 6.62. The van der Waals surface area contributed by atoms with E-state index in [0.717, 1.165) is 6.42 Å². The van der Waals surface area contributed by atoms with Crippen LogP contribution in [-0.2, 0) is 13.5 Å². The van der Waals surface area contributed by atoms with E-state index in [2.05, 4.69) is 29.5 Å². The summed E-state index contributed by atoms with van der Waals surface area (Å²) >= 11 is 0. The van der Waals surface area contributed by atoms with Crippen molar-refractivity contribution in [2.75, 3.05) is 5.73 Å². The van der Waals surface area contributed by atoms with Crippen molar-refractivity contribution in [2.45, 2.75) is 26.3 Å². The first kappa shape index (κ1) is 14.1. The molecule has 5 nitrogen and oxygen atoms in total. The third-order valence-electron chi connectivity index (χ3n) is 3.24. The van der Waals surface area contributed by atoms with Crippen LogP contribution >= 0.6 is 0 Å². The van der Waals surface area contributed by atoms with Gasteiger partial charge in [-0.1, -0.05) is 24.3 Å². The maximum Gasteiger partial charge on any atom is 0.274 e. The minimum atomic E-state index is -0.232. The summed E-state index contributed by atoms with van der Waals surface area (Å²) in [5.41, 5.74) is 8.89. The Morgan fingerprint density at radius 3 is 2.75 bits per heavy atom. The number of aromatic nitrogens is 2. The number of hydrogen-bond donors (Lipinski definition) is 2. The van der Waals surface area contributed by atoms with Gasteiger partial charge in [0.05, 0.1) is 5.69 Å². The van der Waals surface area contributed by atoms with Gasteiger partial charge in [-0.05, 0) is 31.4 Å². The second kappa shape index (κ2) is 5.77. The number of amides is 1. The van der Waals surface area contributed by atoms with Crippen molar-refractivity contribution in [3.63, 3.8) is 0 Å². The topological polar surface area (TPSA) is 72.9 Å². The zero-order valence-corrected chi connectivity index (χ0v) is 12.1. The molecule has 2 aromatic rings. The molecule has 0 bridgehead atoms. The number of nitrogens with one attached hydrogen (secondary N) is 1. The Kier molecular flexibility index (Phi) is 4.08. The number of aryl methyl sites for hydroxylation is 2. The molecule has 0 aliphatic rings. The van der Waals surface area contributed by atoms with Crippen molar-refractivity contribution in [3.8, 4) is 0 Å². The van der Waals surface area contributed by atoms with Crippen molar-refractivity contribution in [1.82, 2.24) is 15.1 Å². The lowest BCUT2D eigenvalue weighted by atomic mass is 10.0. The van der Waals surface area contributed by atoms with Crippen molar-refractivity contribution in [1.29, 1.82) is 0 Å². The van der Waals surface area contributed by atoms with Gasteiger partial charge in [-0.25, -0.2) is 0 Å². The Morgan fingerprint density at radius 1 is 1.45 bits per heavy atom. The van der Waals surface area contributed by atoms with Crippen molar-refractivity contribution in [2.24, 2.45) is 7.05 Å². The number of anilines is 1. The third kappa shape index (κ3) is 3.17. The molecule has 2 rings (SSSR count). The predicted octanol–water partition coefficient (Wildman–Crippen LogP) is 1.67. The van der Waals surface area contributed by atoms with Gasteiger partial charge in [0.25, 0.3) is 5.91 Å². The molecule has 1 atom stereocenters. The SMILES string of the molecule is Cc1ccccc1CC(C)NC(=O)c1nn(C)cc1N. The summed E-state index contributed by atoms with van der Waals surface area (Å²) in [7, 11) is 1.74. The van der Waals surface area contributed by atoms with Gasteiger partial charge in [0.2, 0.25) is 0 Å². The van der Waals surface area contributed by atoms with E-state index in [1.54, 1.807) is 13.2 Å². The van der Waals surface area contributed by atoms with Gasteiger partial charge in [-0.3, -0.25) is 9.48 Å². The molecule has 5 heteroatoms. The zero-order chi connectivity index (χ0) is 14.7. The highest BCUT2D eigenvalue weighted by Gasteiger charge is 2.16. The summed E-state index contributed by atoms with van der Waals surface area (Å²) in [4.78, 5) is 12.1. The first-order valence-corrected chi connectivity index (χ1v) is 6.62. The number of nitrogens with two attached hydrogens (primary N) is 1. The molecule has 0 radical (unpaired) electrons. The molecule has 0 saturated heterocycles. The first-order chi connectivity index (χ1) is 9.47. The summed E-state index contributed by atoms with van der Waals surface area (Å²) < 4.78 is 1.54. The number of rotatable bonds is 4. The Bertz CT molecular complexity index is 618. The average molecular weight is 272 g/mol. The maximum atomic E-state index is 12.1. The van der Waals surface area contributed by atoms with Crippen LogP contribution in [0.3, 0.4) is 0 Å². The van der Waals surface area contributed by atoms with E-state index in [4.69, 9.17) is 5.73 Å². The second-order valence-electron chi connectivity index (χ2n) is 5.11. The quantitative estimate of drug-likeness (QED) is 0.889. The van der Waals surface area contributed by atoms with E-state index in [1.165, 1.54) is 15.8 Å². The Hall–Kier alpha value is -2.30. The highest BCUT2D eigenvalue weighted by atomic mass is 16.2. The molecule has 1 aromatic carbocycles. The molecule has 1 aromatic heterocycles. The number of carbonyl (C=O) groups is 1. The summed E-state index contributed by atoms with van der Waals surface area (Å²) in [5.74, 6) is -0.232. The van der Waals surface area contributed by atoms with E-state index in [9.17, 15) is 4.79 Å². The number of benzene rings is 1. The molecule has 1 unspecified atom stereocenters. The third-order valence-corrected chi connectivity index (χ3v) is 3.24. The van der Waals surface area contributed by atoms with Gasteiger partial charge in [-0.15, -0.1) is 0 Å². The van der Waals surface area contributed by atoms with E-state index < -0.39 is 0 Å². The lowest BCUT2D eigenvalue weighted by Gasteiger charge is -2.14. The normalized spacial score (nSPS) is 12.2. The summed E-state index contributed by atoms with van der Waals surface area (Å²) in [6.45, 7) is 4.05. The Balaban J connectivity index is 2.01. The van der Waals surface area contributed by atoms with E-state index in [0.29, 0.717) is 5.69 Å². The van der Waals surface area contributed by atoms with Gasteiger partial charge in [0, 0.05) is 19.3 Å². The van der Waals surface area contributed by atoms with Crippen LogP contribution in [0.2, 0.25) is 0 Å². The van der Waals surface area contributed by atoms with Crippen LogP contribution < -0.4 is 11.1 Å². The molecule has 0 spiro atoms. The average Bonchev–Trinajstić information content (AvgIpc) is 2.71. The minimum Gasteiger partial charge on any atom is -0.396 e. The fourth-order valence-corrected chi connectivity index (χ4v) is 2.20. The van der Waals surface area contributed by atoms with Gasteiger partial charge in [0.15, 0.2) is 5.69 Å². The lowest BCUT2D eigenvalue weighted by molar-refractivity contribution is 0.0935. The fourth-order valence-electron chi connectivity index (χ4n) is 2.20. The lowest BCUT2D eigenvalue weighted by Crippen LogP contribution is -2.34. The van der Waals surface area contributed by atoms with E-state index in [1.807, 2.05) is 19.1 Å². The van der Waals surface area contributed by atoms with Crippen LogP contribution in [0, 0.1) is 6.92 Å². The van der Waals surface area contributed by atoms with Crippen LogP contribution in [0.15, 0.2) is 30.5 Å². The van der Waals surface area contributed by atoms with Crippen molar-refractivity contribution in [3.05, 3.63) is 47.3 Å². The fraction of sp³-hybridized carbons (Fsp3) is 0.333. The van der Waals surface area contributed by atoms with Crippen molar-refractivity contribution >= 4 is 11.6 Å². The van der Waals surface area contributed by atoms with Crippen LogP contribution in [0.1, 0.15) is 28.5 Å². The number of hydrogen-bond acceptors (Lipinski definition) is 3. The predicted molar refractivity (Wildman–Crippen MR) is 79.4 cm³/mol. The summed E-state index contributed by atoms with van der Waals surface area (Å²) in [5, 5.41) is 7.00. The van der Waals surface area contributed by atoms with E-state index >= 15 is 0 Å². The highest BCUT2D eigenvalue weighted by molar-refractivity contribution is 5.97. The molecule has 3 N–H and O–H groups in total. The summed E-state index contributed by atoms with van der Waals surface area (Å²) in [6, 6.07) is 8.18. The largest absolute Gasteiger partial charge is 0.396 e. The van der Waals surface area contributed by atoms with Gasteiger partial charge >= 0.3 is 0 Å². The molecule has 0 aliphatic carbocycles. The molecule has 20 heavy (non-hydrogen) atoms. The Labute approximate surface area is 118 Å². The number of nitrogen functional groups attached to an aromatic ring is 1. The monoisotopic (exact) mass is 272 g/mol. The minimum absolute atomic E-state index is 0.0185. The number of carbonyl (C=O) groups excluding carboxylic acids is 1. The molecule has 0 aliphatic heterocycles. The smallest absolute Gasteiger partial charge is 0.274 e. The molecule has 0 fully saturated rings. The van der Waals surface area contributed by atoms with Crippen LogP contribution in [-0.4, -0.2) is 21.7 Å². The highest BCUT2D eigenvalue weighted by Crippen LogP contribution is 2.11. The number of nitrogens with zero attached hydrogens (tertiary/aromatic N) is 2. The molecule has 106 valence electrons. The molecule has 1 amide bonds. The van der Waals surface area contributed by atoms with Crippen LogP contribution in [0.25, 0.3) is 0 Å². The Morgan fingerprint density at radius 2 is 2.15 bits per heavy atom. The molecule has 0 saturated carbocycles. The summed E-state index contributed by atoms with van der Waals surface area (Å²) in [6.07, 6.45) is 2.41. The standard InChI is InChI=1S/C15H20N4O/c1-10-6-4-5-7-12(10)8-11(2)17-15(20)14-13(16)9-19(3)18-14/h4-7,9,11H,8,16H2,1-3H3,(H,17,20). The van der Waals surface area contributed by atoms with E-state index in [-0.39, 0.29) is 17.6 Å². The van der Waals surface area contributed by atoms with Gasteiger partial charge in [-0.2, -0.15) is 5.10 Å². The van der Waals surface area contributed by atoms with Crippen LogP contribution in [0.5, 0.6) is 0 Å².